The molecule has 3 heteroatoms. The summed E-state index contributed by atoms with van der Waals surface area (Å²) in [6, 6.07) is 0. The zero-order valence-electron chi connectivity index (χ0n) is 9.65. The Morgan fingerprint density at radius 2 is 0.933 bits per heavy atom. The highest BCUT2D eigenvalue weighted by atomic mass is 35.5. The maximum Gasteiger partial charge on any atom is 0.0466 e. The van der Waals surface area contributed by atoms with Gasteiger partial charge in [0.1, 0.15) is 0 Å². The van der Waals surface area contributed by atoms with Gasteiger partial charge in [-0.2, -0.15) is 0 Å². The van der Waals surface area contributed by atoms with Crippen LogP contribution in [0, 0.1) is 0 Å². The summed E-state index contributed by atoms with van der Waals surface area (Å²) >= 11 is 11.2. The second-order valence-corrected chi connectivity index (χ2v) is 4.57. The molecule has 0 unspecified atom stereocenters. The predicted octanol–water partition coefficient (Wildman–Crippen LogP) is 4.60. The van der Waals surface area contributed by atoms with Gasteiger partial charge in [-0.3, -0.25) is 0 Å². The van der Waals surface area contributed by atoms with Crippen molar-refractivity contribution in [2.24, 2.45) is 0 Å². The number of hydrogen-bond donors (Lipinski definition) is 0. The van der Waals surface area contributed by atoms with Crippen molar-refractivity contribution in [2.75, 3.05) is 25.0 Å². The van der Waals surface area contributed by atoms with Gasteiger partial charge in [0, 0.05) is 25.0 Å². The van der Waals surface area contributed by atoms with Crippen LogP contribution in [0.4, 0.5) is 0 Å². The lowest BCUT2D eigenvalue weighted by molar-refractivity contribution is 0.126. The first-order valence-electron chi connectivity index (χ1n) is 6.11. The zero-order chi connectivity index (χ0) is 11.2. The summed E-state index contributed by atoms with van der Waals surface area (Å²) in [6.07, 6.45) is 9.61. The third-order valence-corrected chi connectivity index (χ3v) is 2.88. The van der Waals surface area contributed by atoms with E-state index in [0.29, 0.717) is 0 Å². The van der Waals surface area contributed by atoms with Crippen molar-refractivity contribution < 1.29 is 4.74 Å². The van der Waals surface area contributed by atoms with Crippen molar-refractivity contribution in [3.63, 3.8) is 0 Å². The van der Waals surface area contributed by atoms with Gasteiger partial charge in [0.25, 0.3) is 0 Å². The number of hydrogen-bond acceptors (Lipinski definition) is 1. The van der Waals surface area contributed by atoms with Crippen LogP contribution in [0.25, 0.3) is 0 Å². The summed E-state index contributed by atoms with van der Waals surface area (Å²) in [6.45, 7) is 1.83. The van der Waals surface area contributed by atoms with E-state index in [4.69, 9.17) is 27.9 Å². The maximum atomic E-state index is 5.58. The first-order chi connectivity index (χ1) is 7.41. The minimum absolute atomic E-state index is 0.793. The largest absolute Gasteiger partial charge is 0.381 e. The van der Waals surface area contributed by atoms with Gasteiger partial charge in [-0.15, -0.1) is 23.2 Å². The first-order valence-corrected chi connectivity index (χ1v) is 7.18. The number of rotatable bonds is 12. The topological polar surface area (TPSA) is 9.23 Å². The molecule has 0 aliphatic carbocycles. The smallest absolute Gasteiger partial charge is 0.0466 e. The molecule has 92 valence electrons. The fraction of sp³-hybridized carbons (Fsp3) is 1.00. The van der Waals surface area contributed by atoms with E-state index in [1.54, 1.807) is 0 Å². The molecule has 0 aromatic rings. The maximum absolute atomic E-state index is 5.58. The van der Waals surface area contributed by atoms with Crippen LogP contribution in [0.5, 0.6) is 0 Å². The highest BCUT2D eigenvalue weighted by Gasteiger charge is 1.92. The van der Waals surface area contributed by atoms with E-state index in [0.717, 1.165) is 37.8 Å². The Morgan fingerprint density at radius 3 is 1.33 bits per heavy atom. The Morgan fingerprint density at radius 1 is 0.533 bits per heavy atom. The van der Waals surface area contributed by atoms with E-state index in [9.17, 15) is 0 Å². The van der Waals surface area contributed by atoms with Gasteiger partial charge in [-0.05, 0) is 25.7 Å². The zero-order valence-corrected chi connectivity index (χ0v) is 11.2. The molecule has 0 saturated heterocycles. The van der Waals surface area contributed by atoms with Crippen LogP contribution in [0.1, 0.15) is 51.4 Å². The summed E-state index contributed by atoms with van der Waals surface area (Å²) < 4.78 is 5.53. The van der Waals surface area contributed by atoms with Crippen LogP contribution >= 0.6 is 23.2 Å². The van der Waals surface area contributed by atoms with Crippen LogP contribution in [0.15, 0.2) is 0 Å². The highest BCUT2D eigenvalue weighted by molar-refractivity contribution is 6.18. The van der Waals surface area contributed by atoms with Crippen molar-refractivity contribution in [2.45, 2.75) is 51.4 Å². The SMILES string of the molecule is ClCCCCCCOCCCCCCCl. The van der Waals surface area contributed by atoms with E-state index in [2.05, 4.69) is 0 Å². The summed E-state index contributed by atoms with van der Waals surface area (Å²) in [7, 11) is 0. The molecule has 0 aromatic heterocycles. The molecule has 0 fully saturated rings. The molecule has 0 aliphatic heterocycles. The fourth-order valence-electron chi connectivity index (χ4n) is 1.41. The molecule has 1 nitrogen and oxygen atoms in total. The number of unbranched alkanes of at least 4 members (excludes halogenated alkanes) is 6. The van der Waals surface area contributed by atoms with E-state index in [1.165, 1.54) is 38.5 Å². The standard InChI is InChI=1S/C12H24Cl2O/c13-9-5-1-3-7-11-15-12-8-4-2-6-10-14/h1-12H2. The normalized spacial score (nSPS) is 10.8. The molecule has 0 bridgehead atoms. The molecule has 0 rings (SSSR count). The lowest BCUT2D eigenvalue weighted by Crippen LogP contribution is -1.97. The second-order valence-electron chi connectivity index (χ2n) is 3.82. The minimum atomic E-state index is 0.793. The highest BCUT2D eigenvalue weighted by Crippen LogP contribution is 2.03. The molecule has 0 radical (unpaired) electrons. The molecule has 0 aromatic carbocycles. The average molecular weight is 255 g/mol. The Hall–Kier alpha value is 0.540. The van der Waals surface area contributed by atoms with Gasteiger partial charge < -0.3 is 4.74 Å². The fourth-order valence-corrected chi connectivity index (χ4v) is 1.78. The molecule has 0 aliphatic rings. The summed E-state index contributed by atoms with van der Waals surface area (Å²) in [5.74, 6) is 1.59. The Labute approximate surface area is 104 Å². The molecule has 0 atom stereocenters. The molecule has 0 amide bonds. The lowest BCUT2D eigenvalue weighted by atomic mass is 10.2. The number of alkyl halides is 2. The Bertz CT molecular complexity index is 97.8. The van der Waals surface area contributed by atoms with Crippen molar-refractivity contribution in [1.29, 1.82) is 0 Å². The third kappa shape index (κ3) is 14.5. The van der Waals surface area contributed by atoms with Crippen molar-refractivity contribution in [1.82, 2.24) is 0 Å². The van der Waals surface area contributed by atoms with Gasteiger partial charge in [0.15, 0.2) is 0 Å². The average Bonchev–Trinajstić information content (AvgIpc) is 2.26. The van der Waals surface area contributed by atoms with Crippen molar-refractivity contribution >= 4 is 23.2 Å². The van der Waals surface area contributed by atoms with E-state index in [1.807, 2.05) is 0 Å². The van der Waals surface area contributed by atoms with Crippen LogP contribution in [0.3, 0.4) is 0 Å². The molecule has 0 heterocycles. The quantitative estimate of drug-likeness (QED) is 0.366. The van der Waals surface area contributed by atoms with E-state index < -0.39 is 0 Å². The Balaban J connectivity index is 2.81. The molecular formula is C12H24Cl2O. The monoisotopic (exact) mass is 254 g/mol. The van der Waals surface area contributed by atoms with E-state index >= 15 is 0 Å². The lowest BCUT2D eigenvalue weighted by Gasteiger charge is -2.03. The number of halogens is 2. The van der Waals surface area contributed by atoms with Crippen LogP contribution in [-0.4, -0.2) is 25.0 Å². The molecule has 15 heavy (non-hydrogen) atoms. The van der Waals surface area contributed by atoms with Crippen LogP contribution in [0.2, 0.25) is 0 Å². The Kier molecular flexibility index (Phi) is 15.1. The second kappa shape index (κ2) is 14.5. The molecule has 0 N–H and O–H groups in total. The van der Waals surface area contributed by atoms with Crippen molar-refractivity contribution in [3.05, 3.63) is 0 Å². The van der Waals surface area contributed by atoms with Crippen LogP contribution in [-0.2, 0) is 4.74 Å². The third-order valence-electron chi connectivity index (χ3n) is 2.34. The number of ether oxygens (including phenoxy) is 1. The van der Waals surface area contributed by atoms with E-state index in [-0.39, 0.29) is 0 Å². The van der Waals surface area contributed by atoms with Crippen molar-refractivity contribution in [3.8, 4) is 0 Å². The minimum Gasteiger partial charge on any atom is -0.381 e. The van der Waals surface area contributed by atoms with Gasteiger partial charge in [-0.1, -0.05) is 25.7 Å². The molecule has 0 saturated carbocycles. The molecular weight excluding hydrogens is 231 g/mol. The van der Waals surface area contributed by atoms with Gasteiger partial charge in [0.2, 0.25) is 0 Å². The van der Waals surface area contributed by atoms with Gasteiger partial charge in [-0.25, -0.2) is 0 Å². The van der Waals surface area contributed by atoms with Crippen LogP contribution < -0.4 is 0 Å². The van der Waals surface area contributed by atoms with Gasteiger partial charge >= 0.3 is 0 Å². The predicted molar refractivity (Wildman–Crippen MR) is 69.2 cm³/mol. The summed E-state index contributed by atoms with van der Waals surface area (Å²) in [5.41, 5.74) is 0. The summed E-state index contributed by atoms with van der Waals surface area (Å²) in [5, 5.41) is 0. The van der Waals surface area contributed by atoms with Gasteiger partial charge in [0.05, 0.1) is 0 Å². The summed E-state index contributed by atoms with van der Waals surface area (Å²) in [4.78, 5) is 0. The molecule has 0 spiro atoms. The first kappa shape index (κ1) is 15.5.